The maximum absolute atomic E-state index is 12.2. The van der Waals surface area contributed by atoms with Gasteiger partial charge in [-0.3, -0.25) is 9.80 Å². The summed E-state index contributed by atoms with van der Waals surface area (Å²) >= 11 is 12.1. The molecule has 1 amide bonds. The number of hydrogen-bond donors (Lipinski definition) is 3. The average Bonchev–Trinajstić information content (AvgIpc) is 3.98. The van der Waals surface area contributed by atoms with Crippen molar-refractivity contribution in [2.75, 3.05) is 52.4 Å². The second-order valence-corrected chi connectivity index (χ2v) is 14.9. The van der Waals surface area contributed by atoms with Crippen LogP contribution >= 0.6 is 23.2 Å². The molecule has 3 N–H and O–H groups in total. The summed E-state index contributed by atoms with van der Waals surface area (Å²) in [6.45, 7) is 13.4. The number of carbonyl (C=O) groups excluding carboxylic acids is 1. The van der Waals surface area contributed by atoms with Crippen LogP contribution in [0.5, 0.6) is 11.5 Å². The first-order valence-electron chi connectivity index (χ1n) is 16.7. The molecule has 0 atom stereocenters. The van der Waals surface area contributed by atoms with Crippen molar-refractivity contribution < 1.29 is 38.8 Å². The van der Waals surface area contributed by atoms with E-state index in [4.69, 9.17) is 37.4 Å². The number of aliphatic carboxylic acids is 2. The fraction of sp³-hybridized carbons (Fsp3) is 0.571. The van der Waals surface area contributed by atoms with Crippen LogP contribution in [0.1, 0.15) is 57.6 Å². The maximum atomic E-state index is 12.2. The summed E-state index contributed by atoms with van der Waals surface area (Å²) in [4.78, 5) is 41.2. The second-order valence-electron chi connectivity index (χ2n) is 14.1. The van der Waals surface area contributed by atoms with E-state index >= 15 is 0 Å². The predicted octanol–water partition coefficient (Wildman–Crippen LogP) is 5.13. The Balaban J connectivity index is 0.000000199. The highest BCUT2D eigenvalue weighted by Crippen LogP contribution is 2.43. The van der Waals surface area contributed by atoms with E-state index < -0.39 is 28.7 Å². The Bertz CT molecular complexity index is 1510. The van der Waals surface area contributed by atoms with Gasteiger partial charge in [0.25, 0.3) is 0 Å². The minimum Gasteiger partial charge on any atom is -0.478 e. The lowest BCUT2D eigenvalue weighted by Gasteiger charge is -2.35. The molecule has 14 heteroatoms. The number of nitrogens with one attached hydrogen (secondary N) is 1. The first kappa shape index (κ1) is 37.0. The quantitative estimate of drug-likeness (QED) is 0.301. The van der Waals surface area contributed by atoms with Crippen molar-refractivity contribution in [2.24, 2.45) is 0 Å². The number of carboxylic acids is 2. The molecule has 2 aliphatic carbocycles. The van der Waals surface area contributed by atoms with E-state index in [1.54, 1.807) is 23.1 Å². The van der Waals surface area contributed by atoms with E-state index in [1.807, 2.05) is 39.0 Å². The number of nitrogens with zero attached hydrogens (tertiary/aromatic N) is 3. The van der Waals surface area contributed by atoms with Crippen molar-refractivity contribution >= 4 is 41.2 Å². The molecule has 0 aromatic heterocycles. The predicted molar refractivity (Wildman–Crippen MR) is 185 cm³/mol. The van der Waals surface area contributed by atoms with Gasteiger partial charge in [-0.25, -0.2) is 14.4 Å². The zero-order valence-electron chi connectivity index (χ0n) is 28.3. The maximum Gasteiger partial charge on any atom is 0.410 e. The molecular formula is C35H46Cl2N4O8. The van der Waals surface area contributed by atoms with Gasteiger partial charge in [0.1, 0.15) is 17.1 Å². The van der Waals surface area contributed by atoms with E-state index in [2.05, 4.69) is 15.1 Å². The van der Waals surface area contributed by atoms with E-state index in [0.717, 1.165) is 43.9 Å². The molecule has 2 aromatic carbocycles. The molecule has 2 saturated carbocycles. The molecular weight excluding hydrogens is 675 g/mol. The van der Waals surface area contributed by atoms with Crippen LogP contribution in [-0.2, 0) is 27.4 Å². The van der Waals surface area contributed by atoms with Gasteiger partial charge in [0.15, 0.2) is 0 Å². The molecule has 49 heavy (non-hydrogen) atoms. The zero-order chi connectivity index (χ0) is 35.4. The molecule has 12 nitrogen and oxygen atoms in total. The number of halogens is 2. The summed E-state index contributed by atoms with van der Waals surface area (Å²) in [5.41, 5.74) is -0.777. The molecule has 268 valence electrons. The van der Waals surface area contributed by atoms with Crippen LogP contribution < -0.4 is 14.8 Å². The molecule has 4 aliphatic rings. The third-order valence-electron chi connectivity index (χ3n) is 8.88. The van der Waals surface area contributed by atoms with Crippen LogP contribution in [0.15, 0.2) is 36.4 Å². The van der Waals surface area contributed by atoms with E-state index in [0.29, 0.717) is 80.0 Å². The number of benzene rings is 2. The van der Waals surface area contributed by atoms with Crippen LogP contribution in [0, 0.1) is 0 Å². The number of piperazine rings is 2. The molecule has 4 fully saturated rings. The molecule has 0 bridgehead atoms. The summed E-state index contributed by atoms with van der Waals surface area (Å²) in [6.07, 6.45) is 1.83. The van der Waals surface area contributed by atoms with Gasteiger partial charge in [0, 0.05) is 112 Å². The van der Waals surface area contributed by atoms with Crippen LogP contribution in [0.25, 0.3) is 0 Å². The van der Waals surface area contributed by atoms with Crippen molar-refractivity contribution in [2.45, 2.75) is 76.3 Å². The zero-order valence-corrected chi connectivity index (χ0v) is 29.8. The SMILES string of the molecule is CC(C)(C)OC(=O)N1CCN(Cc2ccc(Cl)cc2OC2(C(=O)O)CC2)CC1.O=C(O)C1(Oc2cc(Cl)ccc2CN2CCNCC2)CC1. The highest BCUT2D eigenvalue weighted by Gasteiger charge is 2.54. The molecule has 0 spiro atoms. The van der Waals surface area contributed by atoms with Crippen LogP contribution in [0.2, 0.25) is 10.0 Å². The smallest absolute Gasteiger partial charge is 0.410 e. The number of ether oxygens (including phenoxy) is 3. The Morgan fingerprint density at radius 3 is 1.55 bits per heavy atom. The lowest BCUT2D eigenvalue weighted by atomic mass is 10.1. The van der Waals surface area contributed by atoms with E-state index in [1.165, 1.54) is 0 Å². The molecule has 0 unspecified atom stereocenters. The normalized spacial score (nSPS) is 20.0. The number of amides is 1. The molecule has 2 aliphatic heterocycles. The summed E-state index contributed by atoms with van der Waals surface area (Å²) < 4.78 is 17.1. The van der Waals surface area contributed by atoms with Crippen molar-refractivity contribution in [1.29, 1.82) is 0 Å². The molecule has 6 rings (SSSR count). The van der Waals surface area contributed by atoms with Gasteiger partial charge in [-0.05, 0) is 45.0 Å². The monoisotopic (exact) mass is 720 g/mol. The fourth-order valence-electron chi connectivity index (χ4n) is 5.64. The van der Waals surface area contributed by atoms with Gasteiger partial charge >= 0.3 is 18.0 Å². The summed E-state index contributed by atoms with van der Waals surface area (Å²) in [6, 6.07) is 10.8. The summed E-state index contributed by atoms with van der Waals surface area (Å²) in [7, 11) is 0. The molecule has 2 saturated heterocycles. The van der Waals surface area contributed by atoms with Crippen LogP contribution in [-0.4, -0.2) is 112 Å². The molecule has 2 aromatic rings. The number of rotatable bonds is 10. The van der Waals surface area contributed by atoms with Gasteiger partial charge in [0.2, 0.25) is 11.2 Å². The van der Waals surface area contributed by atoms with Gasteiger partial charge < -0.3 is 34.6 Å². The van der Waals surface area contributed by atoms with Gasteiger partial charge in [-0.15, -0.1) is 0 Å². The first-order chi connectivity index (χ1) is 23.2. The Morgan fingerprint density at radius 1 is 0.735 bits per heavy atom. The van der Waals surface area contributed by atoms with Crippen molar-refractivity contribution in [3.63, 3.8) is 0 Å². The van der Waals surface area contributed by atoms with Crippen molar-refractivity contribution in [1.82, 2.24) is 20.0 Å². The minimum absolute atomic E-state index is 0.292. The summed E-state index contributed by atoms with van der Waals surface area (Å²) in [5.74, 6) is -0.720. The lowest BCUT2D eigenvalue weighted by molar-refractivity contribution is -0.148. The standard InChI is InChI=1S/C20H27ClN2O5.C15H19ClN2O3/c1-19(2,3)28-18(26)23-10-8-22(9-11-23)13-14-4-5-15(21)12-16(14)27-20(6-7-20)17(24)25;16-12-2-1-11(10-18-7-5-17-6-8-18)13(9-12)21-15(3-4-15)14(19)20/h4-5,12H,6-11,13H2,1-3H3,(H,24,25);1-2,9,17H,3-8,10H2,(H,19,20). The third-order valence-corrected chi connectivity index (χ3v) is 9.35. The van der Waals surface area contributed by atoms with Gasteiger partial charge in [-0.1, -0.05) is 35.3 Å². The first-order valence-corrected chi connectivity index (χ1v) is 17.5. The van der Waals surface area contributed by atoms with Crippen molar-refractivity contribution in [3.05, 3.63) is 57.6 Å². The Kier molecular flexibility index (Phi) is 11.5. The van der Waals surface area contributed by atoms with E-state index in [-0.39, 0.29) is 6.09 Å². The highest BCUT2D eigenvalue weighted by molar-refractivity contribution is 6.31. The lowest BCUT2D eigenvalue weighted by Crippen LogP contribution is -2.49. The number of hydrogen-bond acceptors (Lipinski definition) is 9. The van der Waals surface area contributed by atoms with Crippen LogP contribution in [0.4, 0.5) is 4.79 Å². The highest BCUT2D eigenvalue weighted by atomic mass is 35.5. The summed E-state index contributed by atoms with van der Waals surface area (Å²) in [5, 5.41) is 23.1. The number of carbonyl (C=O) groups is 3. The molecule has 2 heterocycles. The average molecular weight is 722 g/mol. The Morgan fingerprint density at radius 2 is 1.16 bits per heavy atom. The molecule has 0 radical (unpaired) electrons. The van der Waals surface area contributed by atoms with Crippen LogP contribution in [0.3, 0.4) is 0 Å². The van der Waals surface area contributed by atoms with Gasteiger partial charge in [-0.2, -0.15) is 0 Å². The number of carboxylic acid groups (broad SMARTS) is 2. The Hall–Kier alpha value is -3.29. The topological polar surface area (TPSA) is 141 Å². The van der Waals surface area contributed by atoms with Crippen molar-refractivity contribution in [3.8, 4) is 11.5 Å². The largest absolute Gasteiger partial charge is 0.478 e. The van der Waals surface area contributed by atoms with E-state index in [9.17, 15) is 24.6 Å². The third kappa shape index (κ3) is 10.1. The Labute approximate surface area is 297 Å². The second kappa shape index (κ2) is 15.3. The fourth-order valence-corrected chi connectivity index (χ4v) is 5.97. The van der Waals surface area contributed by atoms with Gasteiger partial charge in [0.05, 0.1) is 0 Å². The minimum atomic E-state index is -1.12.